The highest BCUT2D eigenvalue weighted by Crippen LogP contribution is 2.24. The van der Waals surface area contributed by atoms with E-state index in [1.165, 1.54) is 0 Å². The van der Waals surface area contributed by atoms with E-state index < -0.39 is 11.7 Å². The molecule has 0 fully saturated rings. The van der Waals surface area contributed by atoms with Gasteiger partial charge in [0.05, 0.1) is 13.2 Å². The van der Waals surface area contributed by atoms with Crippen molar-refractivity contribution in [3.05, 3.63) is 39.7 Å². The smallest absolute Gasteiger partial charge is 0.339 e. The summed E-state index contributed by atoms with van der Waals surface area (Å²) in [6.07, 6.45) is -0.136. The molecule has 2 N–H and O–H groups in total. The van der Waals surface area contributed by atoms with Crippen molar-refractivity contribution >= 4 is 16.9 Å². The molecule has 124 valence electrons. The molecule has 1 amide bonds. The summed E-state index contributed by atoms with van der Waals surface area (Å²) < 4.78 is 10.5. The molecule has 2 aromatic rings. The molecule has 0 aliphatic heterocycles. The van der Waals surface area contributed by atoms with Gasteiger partial charge in [0.1, 0.15) is 11.3 Å². The van der Waals surface area contributed by atoms with Crippen LogP contribution >= 0.6 is 0 Å². The van der Waals surface area contributed by atoms with Gasteiger partial charge in [0.15, 0.2) is 0 Å². The average Bonchev–Trinajstić information content (AvgIpc) is 2.52. The molecule has 0 bridgehead atoms. The highest BCUT2D eigenvalue weighted by Gasteiger charge is 2.13. The number of amides is 1. The van der Waals surface area contributed by atoms with Gasteiger partial charge in [-0.2, -0.15) is 0 Å². The van der Waals surface area contributed by atoms with E-state index in [1.54, 1.807) is 26.2 Å². The number of methoxy groups -OCH3 is 1. The Balaban J connectivity index is 2.21. The van der Waals surface area contributed by atoms with Crippen LogP contribution in [0.25, 0.3) is 11.0 Å². The van der Waals surface area contributed by atoms with Crippen LogP contribution in [0.1, 0.15) is 24.5 Å². The lowest BCUT2D eigenvalue weighted by Crippen LogP contribution is -2.31. The van der Waals surface area contributed by atoms with Crippen LogP contribution in [0.3, 0.4) is 0 Å². The van der Waals surface area contributed by atoms with Gasteiger partial charge in [-0.1, -0.05) is 0 Å². The van der Waals surface area contributed by atoms with E-state index >= 15 is 0 Å². The molecule has 1 atom stereocenters. The number of hydrogen-bond donors (Lipinski definition) is 2. The summed E-state index contributed by atoms with van der Waals surface area (Å²) in [5.74, 6) is 0.407. The summed E-state index contributed by atoms with van der Waals surface area (Å²) in [7, 11) is 1.55. The van der Waals surface area contributed by atoms with E-state index in [0.717, 1.165) is 10.9 Å². The van der Waals surface area contributed by atoms with E-state index in [4.69, 9.17) is 14.3 Å². The van der Waals surface area contributed by atoms with Crippen molar-refractivity contribution in [3.8, 4) is 5.75 Å². The minimum Gasteiger partial charge on any atom is -0.497 e. The Morgan fingerprint density at radius 1 is 1.43 bits per heavy atom. The fourth-order valence-electron chi connectivity index (χ4n) is 2.38. The molecule has 0 aliphatic rings. The zero-order valence-electron chi connectivity index (χ0n) is 13.5. The monoisotopic (exact) mass is 319 g/mol. The Hall–Kier alpha value is -2.34. The van der Waals surface area contributed by atoms with Crippen molar-refractivity contribution in [2.24, 2.45) is 0 Å². The fourth-order valence-corrected chi connectivity index (χ4v) is 2.38. The maximum absolute atomic E-state index is 12.2. The molecule has 0 radical (unpaired) electrons. The lowest BCUT2D eigenvalue weighted by atomic mass is 10.0. The summed E-state index contributed by atoms with van der Waals surface area (Å²) in [5, 5.41) is 12.6. The minimum atomic E-state index is -0.596. The molecule has 0 saturated carbocycles. The first-order valence-electron chi connectivity index (χ1n) is 7.47. The number of aliphatic hydroxyl groups is 1. The van der Waals surface area contributed by atoms with Gasteiger partial charge >= 0.3 is 5.63 Å². The van der Waals surface area contributed by atoms with Crippen LogP contribution < -0.4 is 15.7 Å². The van der Waals surface area contributed by atoms with Crippen LogP contribution in [0.5, 0.6) is 5.75 Å². The Kier molecular flexibility index (Phi) is 5.39. The molecular formula is C17H21NO5. The Morgan fingerprint density at radius 2 is 2.17 bits per heavy atom. The fraction of sp³-hybridized carbons (Fsp3) is 0.412. The van der Waals surface area contributed by atoms with Gasteiger partial charge < -0.3 is 19.6 Å². The predicted molar refractivity (Wildman–Crippen MR) is 86.8 cm³/mol. The van der Waals surface area contributed by atoms with Gasteiger partial charge in [0, 0.05) is 30.0 Å². The van der Waals surface area contributed by atoms with Gasteiger partial charge in [-0.05, 0) is 38.0 Å². The second kappa shape index (κ2) is 7.28. The number of hydrogen-bond acceptors (Lipinski definition) is 5. The van der Waals surface area contributed by atoms with Gasteiger partial charge in [-0.3, -0.25) is 4.79 Å². The number of aliphatic hydroxyl groups excluding tert-OH is 1. The second-order valence-corrected chi connectivity index (χ2v) is 5.51. The molecule has 1 heterocycles. The first-order valence-corrected chi connectivity index (χ1v) is 7.47. The normalized spacial score (nSPS) is 12.2. The zero-order chi connectivity index (χ0) is 17.0. The summed E-state index contributed by atoms with van der Waals surface area (Å²) in [6.45, 7) is 3.63. The van der Waals surface area contributed by atoms with Gasteiger partial charge in [0.2, 0.25) is 5.91 Å². The van der Waals surface area contributed by atoms with Crippen LogP contribution in [-0.4, -0.2) is 30.8 Å². The summed E-state index contributed by atoms with van der Waals surface area (Å²) >= 11 is 0. The van der Waals surface area contributed by atoms with Crippen LogP contribution in [0, 0.1) is 6.92 Å². The van der Waals surface area contributed by atoms with Crippen LogP contribution in [0.2, 0.25) is 0 Å². The number of nitrogens with one attached hydrogen (secondary N) is 1. The molecular weight excluding hydrogens is 298 g/mol. The number of aryl methyl sites for hydroxylation is 1. The largest absolute Gasteiger partial charge is 0.497 e. The van der Waals surface area contributed by atoms with E-state index in [1.807, 2.05) is 13.0 Å². The Morgan fingerprint density at radius 3 is 2.83 bits per heavy atom. The zero-order valence-corrected chi connectivity index (χ0v) is 13.5. The Bertz CT molecular complexity index is 763. The second-order valence-electron chi connectivity index (χ2n) is 5.51. The van der Waals surface area contributed by atoms with Gasteiger partial charge in [-0.25, -0.2) is 4.79 Å². The van der Waals surface area contributed by atoms with Crippen molar-refractivity contribution < 1.29 is 19.1 Å². The number of ether oxygens (including phenoxy) is 1. The summed E-state index contributed by atoms with van der Waals surface area (Å²) in [6, 6.07) is 5.31. The Labute approximate surface area is 134 Å². The molecule has 0 spiro atoms. The highest BCUT2D eigenvalue weighted by atomic mass is 16.5. The van der Waals surface area contributed by atoms with Crippen LogP contribution in [0.4, 0.5) is 0 Å². The third-order valence-corrected chi connectivity index (χ3v) is 3.69. The number of fused-ring (bicyclic) bond motifs is 1. The molecule has 1 aromatic carbocycles. The van der Waals surface area contributed by atoms with Gasteiger partial charge in [0.25, 0.3) is 0 Å². The van der Waals surface area contributed by atoms with Crippen LogP contribution in [0.15, 0.2) is 27.4 Å². The molecule has 0 aliphatic carbocycles. The quantitative estimate of drug-likeness (QED) is 0.789. The van der Waals surface area contributed by atoms with Crippen molar-refractivity contribution in [1.82, 2.24) is 5.32 Å². The molecule has 1 unspecified atom stereocenters. The van der Waals surface area contributed by atoms with E-state index in [0.29, 0.717) is 23.3 Å². The maximum Gasteiger partial charge on any atom is 0.339 e. The maximum atomic E-state index is 12.2. The summed E-state index contributed by atoms with van der Waals surface area (Å²) in [4.78, 5) is 23.9. The summed E-state index contributed by atoms with van der Waals surface area (Å²) in [5.41, 5.74) is 1.33. The minimum absolute atomic E-state index is 0.167. The van der Waals surface area contributed by atoms with Crippen molar-refractivity contribution in [3.63, 3.8) is 0 Å². The standard InChI is InChI=1S/C17H21NO5/c1-10(19)9-18-16(20)7-6-14-11(2)13-5-4-12(22-3)8-15(13)23-17(14)21/h4-5,8,10,19H,6-7,9H2,1-3H3,(H,18,20). The van der Waals surface area contributed by atoms with Gasteiger partial charge in [-0.15, -0.1) is 0 Å². The number of rotatable bonds is 6. The third kappa shape index (κ3) is 4.10. The molecule has 6 heteroatoms. The first kappa shape index (κ1) is 17.0. The third-order valence-electron chi connectivity index (χ3n) is 3.69. The van der Waals surface area contributed by atoms with E-state index in [9.17, 15) is 9.59 Å². The number of carbonyl (C=O) groups is 1. The van der Waals surface area contributed by atoms with Crippen molar-refractivity contribution in [1.29, 1.82) is 0 Å². The molecule has 2 rings (SSSR count). The predicted octanol–water partition coefficient (Wildman–Crippen LogP) is 1.54. The lowest BCUT2D eigenvalue weighted by Gasteiger charge is -2.10. The SMILES string of the molecule is COc1ccc2c(C)c(CCC(=O)NCC(C)O)c(=O)oc2c1. The van der Waals surface area contributed by atoms with Crippen LogP contribution in [-0.2, 0) is 11.2 Å². The average molecular weight is 319 g/mol. The molecule has 23 heavy (non-hydrogen) atoms. The molecule has 6 nitrogen and oxygen atoms in total. The van der Waals surface area contributed by atoms with E-state index in [-0.39, 0.29) is 18.9 Å². The van der Waals surface area contributed by atoms with Crippen molar-refractivity contribution in [2.45, 2.75) is 32.8 Å². The topological polar surface area (TPSA) is 88.8 Å². The number of benzene rings is 1. The van der Waals surface area contributed by atoms with E-state index in [2.05, 4.69) is 5.32 Å². The lowest BCUT2D eigenvalue weighted by molar-refractivity contribution is -0.121. The number of carbonyl (C=O) groups excluding carboxylic acids is 1. The van der Waals surface area contributed by atoms with Crippen molar-refractivity contribution in [2.75, 3.05) is 13.7 Å². The molecule has 0 saturated heterocycles. The highest BCUT2D eigenvalue weighted by molar-refractivity contribution is 5.82. The first-order chi connectivity index (χ1) is 10.9. The molecule has 1 aromatic heterocycles.